The Morgan fingerprint density at radius 3 is 2.54 bits per heavy atom. The third-order valence-electron chi connectivity index (χ3n) is 7.42. The van der Waals surface area contributed by atoms with Crippen LogP contribution in [0.4, 0.5) is 11.4 Å². The van der Waals surface area contributed by atoms with E-state index in [0.717, 1.165) is 21.3 Å². The first-order chi connectivity index (χ1) is 16.8. The zero-order valence-corrected chi connectivity index (χ0v) is 21.0. The van der Waals surface area contributed by atoms with Gasteiger partial charge < -0.3 is 10.2 Å². The molecule has 3 aliphatic rings. The highest BCUT2D eigenvalue weighted by atomic mass is 79.9. The van der Waals surface area contributed by atoms with E-state index < -0.39 is 23.4 Å². The summed E-state index contributed by atoms with van der Waals surface area (Å²) in [7, 11) is 0. The molecule has 4 atom stereocenters. The van der Waals surface area contributed by atoms with Crippen molar-refractivity contribution in [2.24, 2.45) is 5.92 Å². The first-order valence-electron chi connectivity index (χ1n) is 11.3. The number of nitrogens with one attached hydrogen (secondary N) is 1. The van der Waals surface area contributed by atoms with Crippen molar-refractivity contribution in [2.45, 2.75) is 24.4 Å². The van der Waals surface area contributed by atoms with Crippen molar-refractivity contribution < 1.29 is 14.4 Å². The summed E-state index contributed by atoms with van der Waals surface area (Å²) in [6.07, 6.45) is 3.87. The molecule has 1 saturated heterocycles. The van der Waals surface area contributed by atoms with Crippen LogP contribution in [0.3, 0.4) is 0 Å². The lowest BCUT2D eigenvalue weighted by atomic mass is 9.64. The fourth-order valence-corrected chi connectivity index (χ4v) is 6.54. The van der Waals surface area contributed by atoms with Gasteiger partial charge in [0, 0.05) is 26.4 Å². The number of Topliss-reactive ketones (excluding diaryl/α,β-unsaturated/α-hetero) is 2. The van der Waals surface area contributed by atoms with Gasteiger partial charge in [-0.05, 0) is 54.4 Å². The van der Waals surface area contributed by atoms with Crippen molar-refractivity contribution in [3.8, 4) is 0 Å². The fourth-order valence-electron chi connectivity index (χ4n) is 6.10. The summed E-state index contributed by atoms with van der Waals surface area (Å²) in [5.74, 6) is -1.60. The highest BCUT2D eigenvalue weighted by molar-refractivity contribution is 9.10. The van der Waals surface area contributed by atoms with Gasteiger partial charge in [0.15, 0.2) is 11.6 Å². The monoisotopic (exact) mass is 546 g/mol. The Hall–Kier alpha value is -3.22. The highest BCUT2D eigenvalue weighted by Crippen LogP contribution is 2.57. The number of carbonyl (C=O) groups is 3. The van der Waals surface area contributed by atoms with E-state index in [-0.39, 0.29) is 17.5 Å². The van der Waals surface area contributed by atoms with E-state index in [0.29, 0.717) is 16.3 Å². The molecule has 6 rings (SSSR count). The summed E-state index contributed by atoms with van der Waals surface area (Å²) in [6.45, 7) is 1.50. The zero-order chi connectivity index (χ0) is 24.5. The van der Waals surface area contributed by atoms with Crippen LogP contribution in [-0.4, -0.2) is 29.6 Å². The van der Waals surface area contributed by atoms with E-state index in [1.807, 2.05) is 53.5 Å². The Kier molecular flexibility index (Phi) is 5.02. The number of hydrogen-bond donors (Lipinski definition) is 1. The van der Waals surface area contributed by atoms with Gasteiger partial charge in [0.1, 0.15) is 5.41 Å². The van der Waals surface area contributed by atoms with Crippen LogP contribution in [0.15, 0.2) is 77.3 Å². The third kappa shape index (κ3) is 3.03. The van der Waals surface area contributed by atoms with Crippen molar-refractivity contribution >= 4 is 62.5 Å². The normalized spacial score (nSPS) is 25.7. The maximum atomic E-state index is 14.3. The maximum Gasteiger partial charge on any atom is 0.238 e. The molecule has 7 heteroatoms. The van der Waals surface area contributed by atoms with E-state index in [1.54, 1.807) is 30.3 Å². The highest BCUT2D eigenvalue weighted by Gasteiger charge is 2.69. The number of halogens is 2. The van der Waals surface area contributed by atoms with Crippen LogP contribution in [-0.2, 0) is 15.0 Å². The van der Waals surface area contributed by atoms with Crippen LogP contribution in [0.25, 0.3) is 6.08 Å². The van der Waals surface area contributed by atoms with Crippen molar-refractivity contribution in [3.05, 3.63) is 99.0 Å². The molecule has 0 saturated carbocycles. The first-order valence-corrected chi connectivity index (χ1v) is 12.5. The minimum atomic E-state index is -1.27. The van der Waals surface area contributed by atoms with E-state index in [1.165, 1.54) is 6.92 Å². The number of nitrogens with zero attached hydrogens (tertiary/aromatic N) is 1. The van der Waals surface area contributed by atoms with E-state index in [2.05, 4.69) is 21.2 Å². The van der Waals surface area contributed by atoms with Crippen LogP contribution in [0.1, 0.15) is 28.4 Å². The van der Waals surface area contributed by atoms with Crippen molar-refractivity contribution in [3.63, 3.8) is 0 Å². The molecule has 4 unspecified atom stereocenters. The summed E-state index contributed by atoms with van der Waals surface area (Å²) < 4.78 is 0.841. The van der Waals surface area contributed by atoms with Crippen LogP contribution in [0.5, 0.6) is 0 Å². The minimum Gasteiger partial charge on any atom is -0.352 e. The molecule has 3 heterocycles. The molecule has 0 radical (unpaired) electrons. The minimum absolute atomic E-state index is 0.171. The Morgan fingerprint density at radius 2 is 1.80 bits per heavy atom. The molecule has 3 aromatic carbocycles. The summed E-state index contributed by atoms with van der Waals surface area (Å²) in [5.41, 5.74) is 2.22. The van der Waals surface area contributed by atoms with Crippen molar-refractivity contribution in [2.75, 3.05) is 10.2 Å². The fraction of sp³-hybridized carbons (Fsp3) is 0.179. The van der Waals surface area contributed by atoms with E-state index in [9.17, 15) is 14.4 Å². The van der Waals surface area contributed by atoms with Crippen LogP contribution in [0, 0.1) is 5.92 Å². The number of hydrogen-bond acceptors (Lipinski definition) is 4. The second-order valence-corrected chi connectivity index (χ2v) is 10.5. The maximum absolute atomic E-state index is 14.3. The lowest BCUT2D eigenvalue weighted by Crippen LogP contribution is -2.51. The lowest BCUT2D eigenvalue weighted by molar-refractivity contribution is -0.122. The average molecular weight is 548 g/mol. The predicted molar refractivity (Wildman–Crippen MR) is 140 cm³/mol. The summed E-state index contributed by atoms with van der Waals surface area (Å²) >= 11 is 9.68. The molecule has 0 aromatic heterocycles. The number of fused-ring (bicyclic) bond motifs is 6. The molecular formula is C28H20BrClN2O3. The number of para-hydroxylation sites is 1. The van der Waals surface area contributed by atoms with Gasteiger partial charge in [-0.25, -0.2) is 0 Å². The van der Waals surface area contributed by atoms with Crippen LogP contribution >= 0.6 is 27.5 Å². The van der Waals surface area contributed by atoms with Gasteiger partial charge in [-0.3, -0.25) is 14.4 Å². The molecule has 0 aliphatic carbocycles. The van der Waals surface area contributed by atoms with E-state index in [4.69, 9.17) is 11.6 Å². The topological polar surface area (TPSA) is 66.5 Å². The summed E-state index contributed by atoms with van der Waals surface area (Å²) in [4.78, 5) is 43.6. The molecule has 35 heavy (non-hydrogen) atoms. The summed E-state index contributed by atoms with van der Waals surface area (Å²) in [5, 5.41) is 3.59. The lowest BCUT2D eigenvalue weighted by Gasteiger charge is -2.37. The van der Waals surface area contributed by atoms with Gasteiger partial charge in [0.25, 0.3) is 0 Å². The molecule has 0 bridgehead atoms. The van der Waals surface area contributed by atoms with Gasteiger partial charge >= 0.3 is 0 Å². The average Bonchev–Trinajstić information content (AvgIpc) is 3.32. The standard InChI is InChI=1S/C28H20BrClN2O3/c1-15(33)25-24(26(34)16-6-9-18(29)10-7-16)28(20-4-2-3-5-21(20)31-27(28)35)23-13-8-17-14-19(30)11-12-22(17)32(23)25/h2-14,23-25H,1H3,(H,31,35). The first kappa shape index (κ1) is 22.3. The largest absolute Gasteiger partial charge is 0.352 e. The van der Waals surface area contributed by atoms with Crippen LogP contribution in [0.2, 0.25) is 5.02 Å². The number of amides is 1. The molecule has 3 aromatic rings. The number of rotatable bonds is 3. The Bertz CT molecular complexity index is 1450. The van der Waals surface area contributed by atoms with Gasteiger partial charge in [0.2, 0.25) is 5.91 Å². The van der Waals surface area contributed by atoms with Gasteiger partial charge in [-0.1, -0.05) is 70.0 Å². The molecule has 1 N–H and O–H groups in total. The van der Waals surface area contributed by atoms with Crippen molar-refractivity contribution in [1.29, 1.82) is 0 Å². The molecule has 5 nitrogen and oxygen atoms in total. The number of benzene rings is 3. The van der Waals surface area contributed by atoms with Crippen molar-refractivity contribution in [1.82, 2.24) is 0 Å². The molecule has 174 valence electrons. The predicted octanol–water partition coefficient (Wildman–Crippen LogP) is 5.66. The zero-order valence-electron chi connectivity index (χ0n) is 18.7. The Morgan fingerprint density at radius 1 is 1.06 bits per heavy atom. The second-order valence-electron chi connectivity index (χ2n) is 9.19. The number of anilines is 2. The van der Waals surface area contributed by atoms with Gasteiger partial charge in [-0.2, -0.15) is 0 Å². The molecule has 1 spiro atoms. The molecule has 1 fully saturated rings. The summed E-state index contributed by atoms with van der Waals surface area (Å²) in [6, 6.07) is 18.6. The van der Waals surface area contributed by atoms with Gasteiger partial charge in [0.05, 0.1) is 18.0 Å². The second kappa shape index (κ2) is 7.90. The SMILES string of the molecule is CC(=O)C1C(C(=O)c2ccc(Br)cc2)C2(C(=O)Nc3ccccc32)C2C=Cc3cc(Cl)ccc3N12. The third-order valence-corrected chi connectivity index (χ3v) is 8.19. The number of carbonyl (C=O) groups excluding carboxylic acids is 3. The molecular weight excluding hydrogens is 528 g/mol. The Balaban J connectivity index is 1.65. The molecule has 1 amide bonds. The van der Waals surface area contributed by atoms with Crippen LogP contribution < -0.4 is 10.2 Å². The Labute approximate surface area is 215 Å². The smallest absolute Gasteiger partial charge is 0.238 e. The number of ketones is 2. The van der Waals surface area contributed by atoms with E-state index >= 15 is 0 Å². The molecule has 3 aliphatic heterocycles. The van der Waals surface area contributed by atoms with Gasteiger partial charge in [-0.15, -0.1) is 0 Å². The quantitative estimate of drug-likeness (QED) is 0.430.